The van der Waals surface area contributed by atoms with Gasteiger partial charge in [0.25, 0.3) is 0 Å². The molecule has 2 atom stereocenters. The Labute approximate surface area is 130 Å². The Hall–Kier alpha value is -1.17. The number of fused-ring (bicyclic) bond motifs is 1. The molecule has 115 valence electrons. The van der Waals surface area contributed by atoms with E-state index in [0.717, 1.165) is 16.9 Å². The second-order valence-corrected chi connectivity index (χ2v) is 5.97. The van der Waals surface area contributed by atoms with Crippen LogP contribution >= 0.6 is 11.8 Å². The Morgan fingerprint density at radius 2 is 2.00 bits per heavy atom. The zero-order chi connectivity index (χ0) is 13.3. The molecule has 0 saturated carbocycles. The van der Waals surface area contributed by atoms with E-state index in [1.807, 2.05) is 12.1 Å². The second-order valence-electron chi connectivity index (χ2n) is 4.90. The first-order valence-electron chi connectivity index (χ1n) is 6.36. The Balaban J connectivity index is 0. The maximum absolute atomic E-state index is 12.3. The molecule has 3 radical (unpaired) electrons. The lowest BCUT2D eigenvalue weighted by Crippen LogP contribution is -2.28. The zero-order valence-corrected chi connectivity index (χ0v) is 13.2. The van der Waals surface area contributed by atoms with Crippen molar-refractivity contribution in [1.82, 2.24) is 0 Å². The highest BCUT2D eigenvalue weighted by Gasteiger charge is 2.31. The number of carbonyl (C=O) groups is 2. The predicted molar refractivity (Wildman–Crippen MR) is 85.1 cm³/mol. The van der Waals surface area contributed by atoms with Gasteiger partial charge in [-0.05, 0) is 37.0 Å². The Kier molecular flexibility index (Phi) is 9.46. The molecule has 0 aromatic heterocycles. The van der Waals surface area contributed by atoms with Gasteiger partial charge in [0.2, 0.25) is 0 Å². The smallest absolute Gasteiger partial charge is 0.175 e. The number of halogens is 2. The molecule has 0 N–H and O–H groups in total. The fourth-order valence-electron chi connectivity index (χ4n) is 2.15. The summed E-state index contributed by atoms with van der Waals surface area (Å²) in [4.78, 5) is 24.8. The molecular formula is C15H20BF2O2S. The summed E-state index contributed by atoms with van der Waals surface area (Å²) in [7, 11) is 0. The first kappa shape index (κ1) is 22.1. The number of rotatable bonds is 3. The van der Waals surface area contributed by atoms with Gasteiger partial charge >= 0.3 is 0 Å². The molecule has 2 rings (SSSR count). The Morgan fingerprint density at radius 3 is 2.52 bits per heavy atom. The van der Waals surface area contributed by atoms with Crippen molar-refractivity contribution >= 4 is 31.7 Å². The van der Waals surface area contributed by atoms with Gasteiger partial charge in [0.1, 0.15) is 5.78 Å². The average molecular weight is 313 g/mol. The molecule has 6 heteroatoms. The molecule has 2 nitrogen and oxygen atoms in total. The topological polar surface area (TPSA) is 34.1 Å². The van der Waals surface area contributed by atoms with E-state index in [0.29, 0.717) is 11.7 Å². The molecule has 0 saturated heterocycles. The number of thioether (sulfide) groups is 1. The molecule has 1 aromatic rings. The van der Waals surface area contributed by atoms with Crippen LogP contribution in [0.2, 0.25) is 0 Å². The van der Waals surface area contributed by atoms with Crippen LogP contribution in [0.1, 0.15) is 49.0 Å². The molecule has 1 aromatic carbocycles. The van der Waals surface area contributed by atoms with Crippen LogP contribution in [0, 0.1) is 5.92 Å². The first-order chi connectivity index (χ1) is 8.54. The number of carbonyl (C=O) groups excluding carboxylic acids is 2. The van der Waals surface area contributed by atoms with E-state index in [9.17, 15) is 9.59 Å². The SMILES string of the molecule is CCC(C)c1ccc2c(c1)C(=O)C(C(C)=O)CS2.F.F.[B]. The molecule has 0 fully saturated rings. The highest BCUT2D eigenvalue weighted by Crippen LogP contribution is 2.35. The lowest BCUT2D eigenvalue weighted by molar-refractivity contribution is -0.118. The zero-order valence-electron chi connectivity index (χ0n) is 12.4. The summed E-state index contributed by atoms with van der Waals surface area (Å²) in [6.07, 6.45) is 1.05. The third-order valence-electron chi connectivity index (χ3n) is 3.66. The first-order valence-corrected chi connectivity index (χ1v) is 7.34. The van der Waals surface area contributed by atoms with E-state index in [4.69, 9.17) is 0 Å². The molecule has 1 aliphatic rings. The average Bonchev–Trinajstić information content (AvgIpc) is 2.37. The molecular weight excluding hydrogens is 293 g/mol. The van der Waals surface area contributed by atoms with Crippen LogP contribution in [0.4, 0.5) is 9.41 Å². The van der Waals surface area contributed by atoms with Gasteiger partial charge in [0, 0.05) is 24.6 Å². The van der Waals surface area contributed by atoms with E-state index < -0.39 is 5.92 Å². The Morgan fingerprint density at radius 1 is 1.38 bits per heavy atom. The third kappa shape index (κ3) is 4.40. The van der Waals surface area contributed by atoms with E-state index in [1.165, 1.54) is 12.5 Å². The van der Waals surface area contributed by atoms with Gasteiger partial charge in [-0.3, -0.25) is 19.0 Å². The number of benzene rings is 1. The number of hydrogen-bond acceptors (Lipinski definition) is 3. The number of hydrogen-bond donors (Lipinski definition) is 0. The van der Waals surface area contributed by atoms with Crippen molar-refractivity contribution in [1.29, 1.82) is 0 Å². The molecule has 1 aliphatic heterocycles. The van der Waals surface area contributed by atoms with Gasteiger partial charge in [-0.25, -0.2) is 0 Å². The van der Waals surface area contributed by atoms with Gasteiger partial charge < -0.3 is 0 Å². The van der Waals surface area contributed by atoms with Crippen LogP contribution in [0.25, 0.3) is 0 Å². The van der Waals surface area contributed by atoms with Crippen LogP contribution in [0.5, 0.6) is 0 Å². The normalized spacial score (nSPS) is 17.5. The summed E-state index contributed by atoms with van der Waals surface area (Å²) in [5.74, 6) is 0.568. The predicted octanol–water partition coefficient (Wildman–Crippen LogP) is 3.62. The minimum absolute atomic E-state index is 0. The molecule has 0 bridgehead atoms. The van der Waals surface area contributed by atoms with Crippen molar-refractivity contribution in [2.75, 3.05) is 5.75 Å². The summed E-state index contributed by atoms with van der Waals surface area (Å²) >= 11 is 1.62. The van der Waals surface area contributed by atoms with Crippen molar-refractivity contribution in [2.24, 2.45) is 5.92 Å². The molecule has 0 aliphatic carbocycles. The van der Waals surface area contributed by atoms with Crippen LogP contribution in [-0.2, 0) is 4.79 Å². The standard InChI is InChI=1S/C15H18O2S.B.2FH/c1-4-9(2)11-5-6-14-12(7-11)15(17)13(8-18-14)10(3)16;;;/h5-7,9,13H,4,8H2,1-3H3;;2*1H. The van der Waals surface area contributed by atoms with E-state index >= 15 is 0 Å². The van der Waals surface area contributed by atoms with Crippen molar-refractivity contribution in [2.45, 2.75) is 38.0 Å². The van der Waals surface area contributed by atoms with Crippen molar-refractivity contribution in [3.63, 3.8) is 0 Å². The monoisotopic (exact) mass is 313 g/mol. The summed E-state index contributed by atoms with van der Waals surface area (Å²) < 4.78 is 0. The largest absolute Gasteiger partial charge is 0.299 e. The minimum atomic E-state index is -0.449. The third-order valence-corrected chi connectivity index (χ3v) is 4.83. The lowest BCUT2D eigenvalue weighted by Gasteiger charge is -2.22. The van der Waals surface area contributed by atoms with Crippen molar-refractivity contribution in [3.8, 4) is 0 Å². The summed E-state index contributed by atoms with van der Waals surface area (Å²) in [6, 6.07) is 6.10. The van der Waals surface area contributed by atoms with Gasteiger partial charge in [0.15, 0.2) is 5.78 Å². The molecule has 21 heavy (non-hydrogen) atoms. The summed E-state index contributed by atoms with van der Waals surface area (Å²) in [5, 5.41) is 0. The highest BCUT2D eigenvalue weighted by atomic mass is 32.2. The fraction of sp³-hybridized carbons (Fsp3) is 0.467. The molecule has 0 spiro atoms. The number of ketones is 2. The van der Waals surface area contributed by atoms with Gasteiger partial charge in [0.05, 0.1) is 5.92 Å². The maximum atomic E-state index is 12.3. The van der Waals surface area contributed by atoms with Crippen molar-refractivity contribution < 1.29 is 19.0 Å². The van der Waals surface area contributed by atoms with Crippen LogP contribution in [0.15, 0.2) is 23.1 Å². The van der Waals surface area contributed by atoms with E-state index in [2.05, 4.69) is 19.9 Å². The van der Waals surface area contributed by atoms with Gasteiger partial charge in [-0.15, -0.1) is 11.8 Å². The summed E-state index contributed by atoms with van der Waals surface area (Å²) in [6.45, 7) is 5.80. The minimum Gasteiger partial charge on any atom is -0.299 e. The highest BCUT2D eigenvalue weighted by molar-refractivity contribution is 7.99. The molecule has 0 amide bonds. The van der Waals surface area contributed by atoms with Gasteiger partial charge in [-0.2, -0.15) is 0 Å². The van der Waals surface area contributed by atoms with Crippen LogP contribution in [0.3, 0.4) is 0 Å². The quantitative estimate of drug-likeness (QED) is 0.631. The number of Topliss-reactive ketones (excluding diaryl/α,β-unsaturated/α-hetero) is 2. The Bertz CT molecular complexity index is 508. The fourth-order valence-corrected chi connectivity index (χ4v) is 3.36. The molecule has 2 unspecified atom stereocenters. The van der Waals surface area contributed by atoms with E-state index in [-0.39, 0.29) is 29.4 Å². The lowest BCUT2D eigenvalue weighted by atomic mass is 9.91. The summed E-state index contributed by atoms with van der Waals surface area (Å²) in [5.41, 5.74) is 1.93. The van der Waals surface area contributed by atoms with E-state index in [1.54, 1.807) is 11.8 Å². The van der Waals surface area contributed by atoms with Crippen LogP contribution < -0.4 is 0 Å². The van der Waals surface area contributed by atoms with Gasteiger partial charge in [-0.1, -0.05) is 19.9 Å². The second kappa shape index (κ2) is 8.98. The maximum Gasteiger partial charge on any atom is 0.175 e. The van der Waals surface area contributed by atoms with Crippen LogP contribution in [-0.4, -0.2) is 25.7 Å². The van der Waals surface area contributed by atoms with Crippen molar-refractivity contribution in [3.05, 3.63) is 29.3 Å². The molecule has 1 heterocycles.